The Morgan fingerprint density at radius 1 is 0.727 bits per heavy atom. The number of hydrogen-bond donors (Lipinski definition) is 1. The molecule has 0 spiro atoms. The Morgan fingerprint density at radius 2 is 1.27 bits per heavy atom. The third-order valence-corrected chi connectivity index (χ3v) is 8.41. The van der Waals surface area contributed by atoms with E-state index in [-0.39, 0.29) is 19.1 Å². The van der Waals surface area contributed by atoms with E-state index in [1.165, 1.54) is 70.2 Å². The molecule has 0 amide bonds. The summed E-state index contributed by atoms with van der Waals surface area (Å²) in [6.07, 6.45) is 8.59. The summed E-state index contributed by atoms with van der Waals surface area (Å²) in [6, 6.07) is 33.6. The van der Waals surface area contributed by atoms with Gasteiger partial charge in [0, 0.05) is 18.1 Å². The largest absolute Gasteiger partial charge is 0.462 e. The normalized spacial score (nSPS) is 11.7. The van der Waals surface area contributed by atoms with Crippen molar-refractivity contribution in [3.63, 3.8) is 0 Å². The second-order valence-electron chi connectivity index (χ2n) is 12.0. The minimum Gasteiger partial charge on any atom is -0.462 e. The molecule has 3 heteroatoms. The molecule has 0 aliphatic heterocycles. The van der Waals surface area contributed by atoms with Gasteiger partial charge in [0.15, 0.2) is 0 Å². The molecular formula is C41H48O3. The number of carbonyl (C=O) groups is 1. The second-order valence-corrected chi connectivity index (χ2v) is 12.0. The zero-order valence-corrected chi connectivity index (χ0v) is 26.8. The standard InChI is InChI=1S/C41H48O3/c1-5-7-8-9-31-18-22-38(23-19-31)40-25-24-39(27-36(40)6-2)37-20-16-33(17-21-37)11-10-32-12-14-34(15-13-32)26-35(28-42)29-44-41(43)30(3)4/h12-25,27,35,42H,3,5-11,26,28-29H2,1-2,4H3. The maximum atomic E-state index is 11.7. The molecule has 0 saturated carbocycles. The van der Waals surface area contributed by atoms with Crippen LogP contribution in [-0.4, -0.2) is 24.3 Å². The molecule has 0 heterocycles. The highest BCUT2D eigenvalue weighted by atomic mass is 16.5. The lowest BCUT2D eigenvalue weighted by Gasteiger charge is -2.15. The smallest absolute Gasteiger partial charge is 0.333 e. The third-order valence-electron chi connectivity index (χ3n) is 8.41. The molecule has 1 unspecified atom stereocenters. The fraction of sp³-hybridized carbons (Fsp3) is 0.341. The van der Waals surface area contributed by atoms with Gasteiger partial charge < -0.3 is 9.84 Å². The van der Waals surface area contributed by atoms with Gasteiger partial charge in [-0.3, -0.25) is 0 Å². The van der Waals surface area contributed by atoms with Crippen LogP contribution in [0.2, 0.25) is 0 Å². The maximum absolute atomic E-state index is 11.7. The molecule has 0 aromatic heterocycles. The molecule has 0 aliphatic rings. The molecule has 0 fully saturated rings. The Balaban J connectivity index is 1.32. The molecule has 44 heavy (non-hydrogen) atoms. The topological polar surface area (TPSA) is 46.5 Å². The van der Waals surface area contributed by atoms with Crippen LogP contribution >= 0.6 is 0 Å². The van der Waals surface area contributed by atoms with Gasteiger partial charge in [0.05, 0.1) is 6.61 Å². The highest BCUT2D eigenvalue weighted by molar-refractivity contribution is 5.86. The first-order valence-electron chi connectivity index (χ1n) is 16.2. The molecule has 4 aromatic carbocycles. The Kier molecular flexibility index (Phi) is 12.6. The third kappa shape index (κ3) is 9.53. The predicted octanol–water partition coefficient (Wildman–Crippen LogP) is 9.37. The number of rotatable bonds is 16. The number of hydrogen-bond acceptors (Lipinski definition) is 3. The van der Waals surface area contributed by atoms with Crippen LogP contribution in [0, 0.1) is 5.92 Å². The van der Waals surface area contributed by atoms with Crippen LogP contribution < -0.4 is 0 Å². The number of esters is 1. The lowest BCUT2D eigenvalue weighted by atomic mass is 9.92. The number of benzene rings is 4. The fourth-order valence-corrected chi connectivity index (χ4v) is 5.60. The van der Waals surface area contributed by atoms with E-state index >= 15 is 0 Å². The van der Waals surface area contributed by atoms with Crippen molar-refractivity contribution >= 4 is 5.97 Å². The quantitative estimate of drug-likeness (QED) is 0.0806. The molecule has 0 radical (unpaired) electrons. The van der Waals surface area contributed by atoms with E-state index in [1.807, 2.05) is 0 Å². The average molecular weight is 589 g/mol. The van der Waals surface area contributed by atoms with Crippen molar-refractivity contribution in [2.75, 3.05) is 13.2 Å². The van der Waals surface area contributed by atoms with Crippen molar-refractivity contribution in [2.45, 2.75) is 72.1 Å². The molecule has 4 rings (SSSR count). The lowest BCUT2D eigenvalue weighted by molar-refractivity contribution is -0.140. The zero-order chi connectivity index (χ0) is 31.3. The minimum atomic E-state index is -0.412. The monoisotopic (exact) mass is 588 g/mol. The fourth-order valence-electron chi connectivity index (χ4n) is 5.60. The van der Waals surface area contributed by atoms with Crippen LogP contribution in [0.1, 0.15) is 67.9 Å². The van der Waals surface area contributed by atoms with Gasteiger partial charge in [-0.05, 0) is 95.5 Å². The minimum absolute atomic E-state index is 0.0296. The molecule has 0 saturated heterocycles. The van der Waals surface area contributed by atoms with Gasteiger partial charge >= 0.3 is 5.97 Å². The summed E-state index contributed by atoms with van der Waals surface area (Å²) in [4.78, 5) is 11.7. The first kappa shape index (κ1) is 33.0. The van der Waals surface area contributed by atoms with Crippen molar-refractivity contribution in [1.29, 1.82) is 0 Å². The number of aliphatic hydroxyl groups is 1. The Morgan fingerprint density at radius 3 is 1.84 bits per heavy atom. The molecule has 0 aliphatic carbocycles. The molecule has 230 valence electrons. The van der Waals surface area contributed by atoms with Crippen molar-refractivity contribution in [3.8, 4) is 22.3 Å². The zero-order valence-electron chi connectivity index (χ0n) is 26.8. The van der Waals surface area contributed by atoms with E-state index in [0.717, 1.165) is 24.8 Å². The molecular weight excluding hydrogens is 540 g/mol. The van der Waals surface area contributed by atoms with E-state index in [9.17, 15) is 9.90 Å². The average Bonchev–Trinajstić information content (AvgIpc) is 3.06. The van der Waals surface area contributed by atoms with Crippen molar-refractivity contribution in [1.82, 2.24) is 0 Å². The van der Waals surface area contributed by atoms with Crippen LogP contribution in [0.3, 0.4) is 0 Å². The number of aryl methyl sites for hydroxylation is 4. The van der Waals surface area contributed by atoms with Gasteiger partial charge in [-0.15, -0.1) is 0 Å². The first-order chi connectivity index (χ1) is 21.4. The van der Waals surface area contributed by atoms with E-state index in [1.54, 1.807) is 6.92 Å². The van der Waals surface area contributed by atoms with Crippen LogP contribution in [-0.2, 0) is 41.6 Å². The number of unbranched alkanes of at least 4 members (excludes halogenated alkanes) is 2. The maximum Gasteiger partial charge on any atom is 0.333 e. The van der Waals surface area contributed by atoms with Crippen molar-refractivity contribution in [3.05, 3.63) is 131 Å². The predicted molar refractivity (Wildman–Crippen MR) is 184 cm³/mol. The first-order valence-corrected chi connectivity index (χ1v) is 16.2. The van der Waals surface area contributed by atoms with Crippen LogP contribution in [0.4, 0.5) is 0 Å². The van der Waals surface area contributed by atoms with E-state index < -0.39 is 5.97 Å². The van der Waals surface area contributed by atoms with Crippen LogP contribution in [0.5, 0.6) is 0 Å². The number of carbonyl (C=O) groups excluding carboxylic acids is 1. The summed E-state index contributed by atoms with van der Waals surface area (Å²) < 4.78 is 5.23. The molecule has 1 atom stereocenters. The Hall–Kier alpha value is -3.95. The summed E-state index contributed by atoms with van der Waals surface area (Å²) >= 11 is 0. The Bertz CT molecular complexity index is 1480. The number of aliphatic hydroxyl groups excluding tert-OH is 1. The molecule has 3 nitrogen and oxygen atoms in total. The summed E-state index contributed by atoms with van der Waals surface area (Å²) in [5, 5.41) is 9.70. The van der Waals surface area contributed by atoms with E-state index in [2.05, 4.69) is 111 Å². The van der Waals surface area contributed by atoms with Crippen LogP contribution in [0.25, 0.3) is 22.3 Å². The van der Waals surface area contributed by atoms with Gasteiger partial charge in [-0.1, -0.05) is 124 Å². The van der Waals surface area contributed by atoms with E-state index in [4.69, 9.17) is 4.74 Å². The van der Waals surface area contributed by atoms with Crippen LogP contribution in [0.15, 0.2) is 103 Å². The summed E-state index contributed by atoms with van der Waals surface area (Å²) in [5.41, 5.74) is 12.1. The highest BCUT2D eigenvalue weighted by Gasteiger charge is 2.13. The van der Waals surface area contributed by atoms with Gasteiger partial charge in [0.1, 0.15) is 0 Å². The van der Waals surface area contributed by atoms with Gasteiger partial charge in [0.2, 0.25) is 0 Å². The summed E-state index contributed by atoms with van der Waals surface area (Å²) in [7, 11) is 0. The van der Waals surface area contributed by atoms with E-state index in [0.29, 0.717) is 12.0 Å². The lowest BCUT2D eigenvalue weighted by Crippen LogP contribution is -2.19. The molecule has 1 N–H and O–H groups in total. The number of ether oxygens (including phenoxy) is 1. The SMILES string of the molecule is C=C(C)C(=O)OCC(CO)Cc1ccc(CCc2ccc(-c3ccc(-c4ccc(CCCCC)cc4)c(CC)c3)cc2)cc1. The van der Waals surface area contributed by atoms with Gasteiger partial charge in [0.25, 0.3) is 0 Å². The second kappa shape index (κ2) is 16.8. The van der Waals surface area contributed by atoms with Crippen molar-refractivity contribution < 1.29 is 14.6 Å². The molecule has 0 bridgehead atoms. The van der Waals surface area contributed by atoms with Gasteiger partial charge in [-0.25, -0.2) is 4.79 Å². The summed E-state index contributed by atoms with van der Waals surface area (Å²) in [5.74, 6) is -0.538. The summed E-state index contributed by atoms with van der Waals surface area (Å²) in [6.45, 7) is 9.88. The Labute approximate surface area is 264 Å². The van der Waals surface area contributed by atoms with Crippen molar-refractivity contribution in [2.24, 2.45) is 5.92 Å². The van der Waals surface area contributed by atoms with Gasteiger partial charge in [-0.2, -0.15) is 0 Å². The highest BCUT2D eigenvalue weighted by Crippen LogP contribution is 2.30. The molecule has 4 aromatic rings.